The van der Waals surface area contributed by atoms with E-state index in [0.29, 0.717) is 17.8 Å². The summed E-state index contributed by atoms with van der Waals surface area (Å²) < 4.78 is 0. The molecule has 0 saturated heterocycles. The molecule has 100 valence electrons. The maximum absolute atomic E-state index is 12.2. The Balaban J connectivity index is 1.80. The van der Waals surface area contributed by atoms with Crippen LogP contribution >= 0.6 is 0 Å². The molecule has 20 heavy (non-hydrogen) atoms. The lowest BCUT2D eigenvalue weighted by molar-refractivity contribution is 0.0952. The number of nitrogens with zero attached hydrogens (tertiary/aromatic N) is 1. The van der Waals surface area contributed by atoms with E-state index < -0.39 is 0 Å². The number of nitrogens with one attached hydrogen (secondary N) is 2. The molecular weight excluding hydrogens is 252 g/mol. The summed E-state index contributed by atoms with van der Waals surface area (Å²) in [7, 11) is 0. The predicted molar refractivity (Wildman–Crippen MR) is 78.1 cm³/mol. The minimum atomic E-state index is -0.146. The van der Waals surface area contributed by atoms with Gasteiger partial charge < -0.3 is 16.0 Å². The zero-order valence-corrected chi connectivity index (χ0v) is 10.8. The van der Waals surface area contributed by atoms with Crippen LogP contribution in [-0.4, -0.2) is 15.9 Å². The van der Waals surface area contributed by atoms with Crippen LogP contribution in [0.3, 0.4) is 0 Å². The number of pyridine rings is 1. The van der Waals surface area contributed by atoms with Gasteiger partial charge in [0, 0.05) is 29.0 Å². The van der Waals surface area contributed by atoms with E-state index in [1.807, 2.05) is 24.3 Å². The lowest BCUT2D eigenvalue weighted by Gasteiger charge is -2.04. The molecule has 3 rings (SSSR count). The number of nitrogen functional groups attached to an aromatic ring is 1. The molecule has 2 aromatic heterocycles. The molecular formula is C15H14N4O. The van der Waals surface area contributed by atoms with Crippen LogP contribution in [0.2, 0.25) is 0 Å². The average molecular weight is 266 g/mol. The number of hydrogen-bond donors (Lipinski definition) is 3. The number of benzene rings is 1. The summed E-state index contributed by atoms with van der Waals surface area (Å²) in [6.07, 6.45) is 3.39. The highest BCUT2D eigenvalue weighted by Crippen LogP contribution is 2.20. The number of rotatable bonds is 3. The molecule has 0 fully saturated rings. The first-order valence-corrected chi connectivity index (χ1v) is 6.29. The minimum absolute atomic E-state index is 0.146. The topological polar surface area (TPSA) is 83.8 Å². The highest BCUT2D eigenvalue weighted by molar-refractivity contribution is 6.07. The number of fused-ring (bicyclic) bond motifs is 1. The second-order valence-corrected chi connectivity index (χ2v) is 4.51. The van der Waals surface area contributed by atoms with Gasteiger partial charge in [0.15, 0.2) is 0 Å². The summed E-state index contributed by atoms with van der Waals surface area (Å²) in [5.74, 6) is -0.146. The third-order valence-electron chi connectivity index (χ3n) is 3.11. The van der Waals surface area contributed by atoms with Crippen molar-refractivity contribution >= 4 is 22.5 Å². The van der Waals surface area contributed by atoms with Crippen molar-refractivity contribution in [2.75, 3.05) is 5.73 Å². The van der Waals surface area contributed by atoms with E-state index in [4.69, 9.17) is 5.73 Å². The lowest BCUT2D eigenvalue weighted by Crippen LogP contribution is -2.22. The number of amides is 1. The van der Waals surface area contributed by atoms with Gasteiger partial charge in [-0.25, -0.2) is 0 Å². The molecule has 0 radical (unpaired) electrons. The summed E-state index contributed by atoms with van der Waals surface area (Å²) in [5.41, 5.74) is 8.69. The SMILES string of the molecule is Nc1ccc2[nH]cc(C(=O)NCc3ccccn3)c2c1. The molecule has 5 heteroatoms. The first kappa shape index (κ1) is 12.2. The Morgan fingerprint density at radius 2 is 2.20 bits per heavy atom. The van der Waals surface area contributed by atoms with Gasteiger partial charge in [0.2, 0.25) is 0 Å². The third kappa shape index (κ3) is 2.33. The van der Waals surface area contributed by atoms with Gasteiger partial charge in [0.05, 0.1) is 17.8 Å². The van der Waals surface area contributed by atoms with Crippen LogP contribution in [0.5, 0.6) is 0 Å². The van der Waals surface area contributed by atoms with Crippen LogP contribution < -0.4 is 11.1 Å². The number of carbonyl (C=O) groups is 1. The number of aromatic amines is 1. The Bertz CT molecular complexity index is 749. The summed E-state index contributed by atoms with van der Waals surface area (Å²) in [6, 6.07) is 11.1. The summed E-state index contributed by atoms with van der Waals surface area (Å²) in [5, 5.41) is 3.67. The van der Waals surface area contributed by atoms with Gasteiger partial charge in [-0.15, -0.1) is 0 Å². The molecule has 0 aliphatic heterocycles. The van der Waals surface area contributed by atoms with Crippen molar-refractivity contribution in [3.8, 4) is 0 Å². The Hall–Kier alpha value is -2.82. The average Bonchev–Trinajstić information content (AvgIpc) is 2.89. The van der Waals surface area contributed by atoms with Gasteiger partial charge in [-0.3, -0.25) is 9.78 Å². The van der Waals surface area contributed by atoms with Crippen molar-refractivity contribution in [2.24, 2.45) is 0 Å². The van der Waals surface area contributed by atoms with Crippen molar-refractivity contribution in [3.63, 3.8) is 0 Å². The molecule has 0 aliphatic carbocycles. The molecule has 0 bridgehead atoms. The van der Waals surface area contributed by atoms with Crippen LogP contribution in [0.25, 0.3) is 10.9 Å². The van der Waals surface area contributed by atoms with Crippen LogP contribution in [-0.2, 0) is 6.54 Å². The van der Waals surface area contributed by atoms with Gasteiger partial charge in [-0.05, 0) is 30.3 Å². The number of anilines is 1. The number of H-pyrrole nitrogens is 1. The van der Waals surface area contributed by atoms with Crippen molar-refractivity contribution < 1.29 is 4.79 Å². The number of carbonyl (C=O) groups excluding carboxylic acids is 1. The first-order chi connectivity index (χ1) is 9.74. The molecule has 5 nitrogen and oxygen atoms in total. The minimum Gasteiger partial charge on any atom is -0.399 e. The second-order valence-electron chi connectivity index (χ2n) is 4.51. The van der Waals surface area contributed by atoms with E-state index in [-0.39, 0.29) is 5.91 Å². The molecule has 0 spiro atoms. The van der Waals surface area contributed by atoms with Crippen LogP contribution in [0.1, 0.15) is 16.1 Å². The van der Waals surface area contributed by atoms with Crippen LogP contribution in [0.4, 0.5) is 5.69 Å². The Labute approximate surface area is 115 Å². The lowest BCUT2D eigenvalue weighted by atomic mass is 10.1. The number of aromatic nitrogens is 2. The van der Waals surface area contributed by atoms with Gasteiger partial charge in [0.25, 0.3) is 5.91 Å². The fourth-order valence-corrected chi connectivity index (χ4v) is 2.09. The quantitative estimate of drug-likeness (QED) is 0.634. The molecule has 3 aromatic rings. The zero-order chi connectivity index (χ0) is 13.9. The predicted octanol–water partition coefficient (Wildman–Crippen LogP) is 2.08. The molecule has 4 N–H and O–H groups in total. The fourth-order valence-electron chi connectivity index (χ4n) is 2.09. The first-order valence-electron chi connectivity index (χ1n) is 6.29. The van der Waals surface area contributed by atoms with E-state index in [2.05, 4.69) is 15.3 Å². The normalized spacial score (nSPS) is 10.6. The van der Waals surface area contributed by atoms with Crippen molar-refractivity contribution in [1.29, 1.82) is 0 Å². The van der Waals surface area contributed by atoms with E-state index in [1.165, 1.54) is 0 Å². The largest absolute Gasteiger partial charge is 0.399 e. The summed E-state index contributed by atoms with van der Waals surface area (Å²) >= 11 is 0. The van der Waals surface area contributed by atoms with Gasteiger partial charge in [-0.2, -0.15) is 0 Å². The second kappa shape index (κ2) is 5.05. The molecule has 0 aliphatic rings. The van der Waals surface area contributed by atoms with E-state index >= 15 is 0 Å². The zero-order valence-electron chi connectivity index (χ0n) is 10.8. The molecule has 1 amide bonds. The number of hydrogen-bond acceptors (Lipinski definition) is 3. The maximum Gasteiger partial charge on any atom is 0.253 e. The summed E-state index contributed by atoms with van der Waals surface area (Å²) in [4.78, 5) is 19.4. The summed E-state index contributed by atoms with van der Waals surface area (Å²) in [6.45, 7) is 0.397. The van der Waals surface area contributed by atoms with E-state index in [9.17, 15) is 4.79 Å². The monoisotopic (exact) mass is 266 g/mol. The van der Waals surface area contributed by atoms with Gasteiger partial charge in [0.1, 0.15) is 0 Å². The van der Waals surface area contributed by atoms with E-state index in [1.54, 1.807) is 24.5 Å². The van der Waals surface area contributed by atoms with E-state index in [0.717, 1.165) is 16.6 Å². The highest BCUT2D eigenvalue weighted by atomic mass is 16.1. The molecule has 0 saturated carbocycles. The smallest absolute Gasteiger partial charge is 0.253 e. The third-order valence-corrected chi connectivity index (χ3v) is 3.11. The van der Waals surface area contributed by atoms with Gasteiger partial charge >= 0.3 is 0 Å². The molecule has 0 atom stereocenters. The highest BCUT2D eigenvalue weighted by Gasteiger charge is 2.11. The molecule has 1 aromatic carbocycles. The fraction of sp³-hybridized carbons (Fsp3) is 0.0667. The number of nitrogens with two attached hydrogens (primary N) is 1. The van der Waals surface area contributed by atoms with Crippen molar-refractivity contribution in [1.82, 2.24) is 15.3 Å². The van der Waals surface area contributed by atoms with Crippen LogP contribution in [0.15, 0.2) is 48.8 Å². The molecule has 0 unspecified atom stereocenters. The van der Waals surface area contributed by atoms with Crippen molar-refractivity contribution in [2.45, 2.75) is 6.54 Å². The van der Waals surface area contributed by atoms with Crippen molar-refractivity contribution in [3.05, 3.63) is 60.0 Å². The standard InChI is InChI=1S/C15H14N4O/c16-10-4-5-14-12(7-10)13(9-18-14)15(20)19-8-11-3-1-2-6-17-11/h1-7,9,18H,8,16H2,(H,19,20). The Kier molecular flexibility index (Phi) is 3.09. The van der Waals surface area contributed by atoms with Gasteiger partial charge in [-0.1, -0.05) is 6.07 Å². The Morgan fingerprint density at radius 3 is 3.00 bits per heavy atom. The van der Waals surface area contributed by atoms with Crippen LogP contribution in [0, 0.1) is 0 Å². The molecule has 2 heterocycles. The Morgan fingerprint density at radius 1 is 1.30 bits per heavy atom. The maximum atomic E-state index is 12.2.